The van der Waals surface area contributed by atoms with Crippen LogP contribution < -0.4 is 5.32 Å². The van der Waals surface area contributed by atoms with Gasteiger partial charge >= 0.3 is 0 Å². The Morgan fingerprint density at radius 2 is 2.10 bits per heavy atom. The average molecular weight is 275 g/mol. The lowest BCUT2D eigenvalue weighted by molar-refractivity contribution is 0.0822. The summed E-state index contributed by atoms with van der Waals surface area (Å²) in [7, 11) is 3.49. The molecule has 0 saturated heterocycles. The topological polar surface area (TPSA) is 45.2 Å². The summed E-state index contributed by atoms with van der Waals surface area (Å²) in [5, 5.41) is 3.50. The predicted octanol–water partition coefficient (Wildman–Crippen LogP) is 3.17. The number of rotatable bonds is 5. The molecule has 20 heavy (non-hydrogen) atoms. The second-order valence-corrected chi connectivity index (χ2v) is 6.04. The van der Waals surface area contributed by atoms with Crippen LogP contribution in [0.1, 0.15) is 49.5 Å². The summed E-state index contributed by atoms with van der Waals surface area (Å²) in [6.45, 7) is 3.27. The molecule has 1 aliphatic carbocycles. The molecule has 110 valence electrons. The molecular formula is C16H25N3O. The molecule has 0 unspecified atom stereocenters. The van der Waals surface area contributed by atoms with Crippen molar-refractivity contribution in [2.75, 3.05) is 26.0 Å². The van der Waals surface area contributed by atoms with Gasteiger partial charge in [-0.25, -0.2) is 0 Å². The first-order valence-electron chi connectivity index (χ1n) is 7.48. The van der Waals surface area contributed by atoms with E-state index in [2.05, 4.69) is 17.2 Å². The standard InChI is InChI=1S/C16H25N3O/c1-4-16(8-5-6-9-16)12-18-13-7-10-17-14(11-13)15(20)19(2)3/h7,10-11H,4-6,8-9,12H2,1-3H3,(H,17,18). The number of anilines is 1. The molecule has 0 atom stereocenters. The Labute approximate surface area is 121 Å². The maximum Gasteiger partial charge on any atom is 0.272 e. The molecule has 1 aromatic rings. The molecule has 1 heterocycles. The van der Waals surface area contributed by atoms with Gasteiger partial charge in [0.05, 0.1) is 0 Å². The van der Waals surface area contributed by atoms with Crippen LogP contribution >= 0.6 is 0 Å². The zero-order valence-corrected chi connectivity index (χ0v) is 12.8. The Bertz CT molecular complexity index is 465. The van der Waals surface area contributed by atoms with Crippen molar-refractivity contribution in [2.24, 2.45) is 5.41 Å². The highest BCUT2D eigenvalue weighted by molar-refractivity contribution is 5.92. The summed E-state index contributed by atoms with van der Waals surface area (Å²) in [6.07, 6.45) is 8.23. The Kier molecular flexibility index (Phi) is 4.63. The highest BCUT2D eigenvalue weighted by atomic mass is 16.2. The number of pyridine rings is 1. The third-order valence-electron chi connectivity index (χ3n) is 4.47. The van der Waals surface area contributed by atoms with Crippen LogP contribution in [0.2, 0.25) is 0 Å². The van der Waals surface area contributed by atoms with E-state index in [1.165, 1.54) is 32.1 Å². The van der Waals surface area contributed by atoms with E-state index >= 15 is 0 Å². The molecule has 2 rings (SSSR count). The van der Waals surface area contributed by atoms with Crippen molar-refractivity contribution in [1.82, 2.24) is 9.88 Å². The lowest BCUT2D eigenvalue weighted by Crippen LogP contribution is -2.26. The maximum atomic E-state index is 11.9. The third-order valence-corrected chi connectivity index (χ3v) is 4.47. The van der Waals surface area contributed by atoms with Crippen LogP contribution in [0, 0.1) is 5.41 Å². The summed E-state index contributed by atoms with van der Waals surface area (Å²) >= 11 is 0. The Balaban J connectivity index is 2.03. The number of aromatic nitrogens is 1. The number of amides is 1. The number of nitrogens with one attached hydrogen (secondary N) is 1. The first kappa shape index (κ1) is 14.8. The predicted molar refractivity (Wildman–Crippen MR) is 81.9 cm³/mol. The maximum absolute atomic E-state index is 11.9. The molecule has 1 fully saturated rings. The minimum Gasteiger partial charge on any atom is -0.384 e. The van der Waals surface area contributed by atoms with Gasteiger partial charge in [0.2, 0.25) is 0 Å². The lowest BCUT2D eigenvalue weighted by Gasteiger charge is -2.28. The van der Waals surface area contributed by atoms with Crippen LogP contribution in [0.4, 0.5) is 5.69 Å². The molecule has 1 saturated carbocycles. The van der Waals surface area contributed by atoms with Crippen LogP contribution in [0.5, 0.6) is 0 Å². The second-order valence-electron chi connectivity index (χ2n) is 6.04. The van der Waals surface area contributed by atoms with Gasteiger partial charge < -0.3 is 10.2 Å². The molecule has 1 N–H and O–H groups in total. The van der Waals surface area contributed by atoms with Crippen molar-refractivity contribution < 1.29 is 4.79 Å². The zero-order chi connectivity index (χ0) is 14.6. The Morgan fingerprint density at radius 3 is 2.70 bits per heavy atom. The number of carbonyl (C=O) groups is 1. The third kappa shape index (κ3) is 3.30. The van der Waals surface area contributed by atoms with E-state index in [0.717, 1.165) is 12.2 Å². The number of hydrogen-bond donors (Lipinski definition) is 1. The summed E-state index contributed by atoms with van der Waals surface area (Å²) < 4.78 is 0. The Morgan fingerprint density at radius 1 is 1.40 bits per heavy atom. The highest BCUT2D eigenvalue weighted by Gasteiger charge is 2.31. The van der Waals surface area contributed by atoms with E-state index < -0.39 is 0 Å². The quantitative estimate of drug-likeness (QED) is 0.897. The van der Waals surface area contributed by atoms with Gasteiger partial charge in [0.25, 0.3) is 5.91 Å². The van der Waals surface area contributed by atoms with Gasteiger partial charge in [-0.3, -0.25) is 9.78 Å². The van der Waals surface area contributed by atoms with E-state index in [4.69, 9.17) is 0 Å². The molecule has 1 aliphatic rings. The van der Waals surface area contributed by atoms with Crippen LogP contribution in [0.25, 0.3) is 0 Å². The molecule has 0 aliphatic heterocycles. The van der Waals surface area contributed by atoms with Crippen LogP contribution in [0.15, 0.2) is 18.3 Å². The van der Waals surface area contributed by atoms with Crippen LogP contribution in [-0.2, 0) is 0 Å². The smallest absolute Gasteiger partial charge is 0.272 e. The van der Waals surface area contributed by atoms with E-state index in [0.29, 0.717) is 11.1 Å². The summed E-state index contributed by atoms with van der Waals surface area (Å²) in [5.41, 5.74) is 1.93. The van der Waals surface area contributed by atoms with Crippen molar-refractivity contribution >= 4 is 11.6 Å². The average Bonchev–Trinajstić information content (AvgIpc) is 2.94. The van der Waals surface area contributed by atoms with Crippen molar-refractivity contribution in [3.63, 3.8) is 0 Å². The van der Waals surface area contributed by atoms with Crippen LogP contribution in [0.3, 0.4) is 0 Å². The van der Waals surface area contributed by atoms with Gasteiger partial charge in [-0.2, -0.15) is 0 Å². The van der Waals surface area contributed by atoms with Gasteiger partial charge in [0.15, 0.2) is 0 Å². The molecule has 0 spiro atoms. The van der Waals surface area contributed by atoms with E-state index in [1.807, 2.05) is 12.1 Å². The normalized spacial score (nSPS) is 16.9. The summed E-state index contributed by atoms with van der Waals surface area (Å²) in [4.78, 5) is 17.6. The number of nitrogens with zero attached hydrogens (tertiary/aromatic N) is 2. The van der Waals surface area contributed by atoms with Crippen LogP contribution in [-0.4, -0.2) is 36.4 Å². The van der Waals surface area contributed by atoms with Gasteiger partial charge in [-0.15, -0.1) is 0 Å². The second kappa shape index (κ2) is 6.25. The van der Waals surface area contributed by atoms with E-state index in [-0.39, 0.29) is 5.91 Å². The fraction of sp³-hybridized carbons (Fsp3) is 0.625. The molecular weight excluding hydrogens is 250 g/mol. The zero-order valence-electron chi connectivity index (χ0n) is 12.8. The first-order chi connectivity index (χ1) is 9.56. The van der Waals surface area contributed by atoms with Crippen molar-refractivity contribution in [2.45, 2.75) is 39.0 Å². The molecule has 4 nitrogen and oxygen atoms in total. The number of carbonyl (C=O) groups excluding carboxylic acids is 1. The van der Waals surface area contributed by atoms with E-state index in [9.17, 15) is 4.79 Å². The number of hydrogen-bond acceptors (Lipinski definition) is 3. The molecule has 4 heteroatoms. The molecule has 0 bridgehead atoms. The minimum absolute atomic E-state index is 0.0558. The van der Waals surface area contributed by atoms with Crippen molar-refractivity contribution in [3.8, 4) is 0 Å². The van der Waals surface area contributed by atoms with Gasteiger partial charge in [0.1, 0.15) is 5.69 Å². The monoisotopic (exact) mass is 275 g/mol. The van der Waals surface area contributed by atoms with Gasteiger partial charge in [-0.1, -0.05) is 19.8 Å². The first-order valence-corrected chi connectivity index (χ1v) is 7.48. The summed E-state index contributed by atoms with van der Waals surface area (Å²) in [5.74, 6) is -0.0558. The highest BCUT2D eigenvalue weighted by Crippen LogP contribution is 2.40. The molecule has 0 aromatic carbocycles. The largest absolute Gasteiger partial charge is 0.384 e. The Hall–Kier alpha value is -1.58. The fourth-order valence-electron chi connectivity index (χ4n) is 2.96. The minimum atomic E-state index is -0.0558. The van der Waals surface area contributed by atoms with Gasteiger partial charge in [-0.05, 0) is 36.8 Å². The van der Waals surface area contributed by atoms with Crippen molar-refractivity contribution in [3.05, 3.63) is 24.0 Å². The molecule has 1 aromatic heterocycles. The fourth-order valence-corrected chi connectivity index (χ4v) is 2.96. The SMILES string of the molecule is CCC1(CNc2ccnc(C(=O)N(C)C)c2)CCCC1. The lowest BCUT2D eigenvalue weighted by atomic mass is 9.83. The van der Waals surface area contributed by atoms with E-state index in [1.54, 1.807) is 25.2 Å². The molecule has 0 radical (unpaired) electrons. The summed E-state index contributed by atoms with van der Waals surface area (Å²) in [6, 6.07) is 3.78. The van der Waals surface area contributed by atoms with Gasteiger partial charge in [0, 0.05) is 32.5 Å². The van der Waals surface area contributed by atoms with Crippen molar-refractivity contribution in [1.29, 1.82) is 0 Å². The molecule has 1 amide bonds.